The van der Waals surface area contributed by atoms with Gasteiger partial charge in [0.25, 0.3) is 5.91 Å². The first kappa shape index (κ1) is 16.7. The van der Waals surface area contributed by atoms with Crippen LogP contribution in [0.2, 0.25) is 0 Å². The standard InChI is InChI=1S/C16H15BrN4O2S/c1-9-2-4-11(5-3-9)23-8-14(22)19-10-6-12(17)15-13(7-10)24-16(20-15)21-18/h2-7H,8,18H2,1H3,(H,19,22)(H,20,21). The molecular formula is C16H15BrN4O2S. The molecule has 1 heterocycles. The van der Waals surface area contributed by atoms with Crippen LogP contribution >= 0.6 is 27.3 Å². The van der Waals surface area contributed by atoms with Gasteiger partial charge >= 0.3 is 0 Å². The molecule has 0 bridgehead atoms. The summed E-state index contributed by atoms with van der Waals surface area (Å²) in [4.78, 5) is 16.4. The number of nitrogen functional groups attached to an aromatic ring is 1. The number of carbonyl (C=O) groups excluding carboxylic acids is 1. The highest BCUT2D eigenvalue weighted by Gasteiger charge is 2.10. The predicted molar refractivity (Wildman–Crippen MR) is 100 cm³/mol. The van der Waals surface area contributed by atoms with Gasteiger partial charge in [-0.3, -0.25) is 10.2 Å². The van der Waals surface area contributed by atoms with Gasteiger partial charge in [-0.25, -0.2) is 10.8 Å². The van der Waals surface area contributed by atoms with E-state index in [2.05, 4.69) is 31.7 Å². The van der Waals surface area contributed by atoms with E-state index in [0.29, 0.717) is 16.6 Å². The van der Waals surface area contributed by atoms with E-state index in [4.69, 9.17) is 10.6 Å². The number of thiazole rings is 1. The van der Waals surface area contributed by atoms with Gasteiger partial charge in [-0.1, -0.05) is 29.0 Å². The van der Waals surface area contributed by atoms with Crippen molar-refractivity contribution < 1.29 is 9.53 Å². The van der Waals surface area contributed by atoms with Crippen LogP contribution in [0.3, 0.4) is 0 Å². The Morgan fingerprint density at radius 2 is 2.08 bits per heavy atom. The molecule has 124 valence electrons. The third kappa shape index (κ3) is 3.84. The molecule has 6 nitrogen and oxygen atoms in total. The quantitative estimate of drug-likeness (QED) is 0.444. The van der Waals surface area contributed by atoms with Gasteiger partial charge in [0.2, 0.25) is 0 Å². The number of hydrogen-bond donors (Lipinski definition) is 3. The topological polar surface area (TPSA) is 89.3 Å². The number of halogens is 1. The Morgan fingerprint density at radius 3 is 2.79 bits per heavy atom. The molecule has 4 N–H and O–H groups in total. The average molecular weight is 407 g/mol. The van der Waals surface area contributed by atoms with Gasteiger partial charge < -0.3 is 10.1 Å². The first-order chi connectivity index (χ1) is 11.5. The van der Waals surface area contributed by atoms with Gasteiger partial charge in [0.15, 0.2) is 11.7 Å². The molecule has 24 heavy (non-hydrogen) atoms. The molecule has 8 heteroatoms. The van der Waals surface area contributed by atoms with Crippen molar-refractivity contribution in [2.75, 3.05) is 17.3 Å². The number of nitrogens with zero attached hydrogens (tertiary/aromatic N) is 1. The van der Waals surface area contributed by atoms with E-state index < -0.39 is 0 Å². The van der Waals surface area contributed by atoms with Crippen molar-refractivity contribution in [3.63, 3.8) is 0 Å². The molecule has 3 rings (SSSR count). The molecule has 3 aromatic rings. The van der Waals surface area contributed by atoms with Crippen molar-refractivity contribution in [2.45, 2.75) is 6.92 Å². The van der Waals surface area contributed by atoms with Gasteiger partial charge in [-0.05, 0) is 47.1 Å². The second-order valence-electron chi connectivity index (χ2n) is 5.12. The van der Waals surface area contributed by atoms with Crippen molar-refractivity contribution in [1.29, 1.82) is 0 Å². The number of rotatable bonds is 5. The SMILES string of the molecule is Cc1ccc(OCC(=O)Nc2cc(Br)c3nc(NN)sc3c2)cc1. The minimum atomic E-state index is -0.233. The molecule has 2 aromatic carbocycles. The minimum absolute atomic E-state index is 0.0585. The summed E-state index contributed by atoms with van der Waals surface area (Å²) in [6.07, 6.45) is 0. The number of aromatic nitrogens is 1. The summed E-state index contributed by atoms with van der Waals surface area (Å²) in [6.45, 7) is 1.94. The normalized spacial score (nSPS) is 10.6. The van der Waals surface area contributed by atoms with Crippen molar-refractivity contribution >= 4 is 54.2 Å². The molecule has 0 atom stereocenters. The molecule has 0 aliphatic rings. The van der Waals surface area contributed by atoms with E-state index in [0.717, 1.165) is 20.3 Å². The van der Waals surface area contributed by atoms with Crippen molar-refractivity contribution in [3.8, 4) is 5.75 Å². The van der Waals surface area contributed by atoms with Gasteiger partial charge in [-0.15, -0.1) is 0 Å². The molecule has 0 saturated heterocycles. The maximum Gasteiger partial charge on any atom is 0.262 e. The van der Waals surface area contributed by atoms with E-state index >= 15 is 0 Å². The van der Waals surface area contributed by atoms with Crippen LogP contribution in [-0.2, 0) is 4.79 Å². The molecule has 0 aliphatic carbocycles. The van der Waals surface area contributed by atoms with E-state index in [9.17, 15) is 4.79 Å². The number of ether oxygens (including phenoxy) is 1. The Kier molecular flexibility index (Phi) is 4.98. The minimum Gasteiger partial charge on any atom is -0.484 e. The van der Waals surface area contributed by atoms with Crippen LogP contribution in [0.5, 0.6) is 5.75 Å². The van der Waals surface area contributed by atoms with Crippen LogP contribution in [0.25, 0.3) is 10.2 Å². The summed E-state index contributed by atoms with van der Waals surface area (Å²) in [6, 6.07) is 11.2. The highest BCUT2D eigenvalue weighted by Crippen LogP contribution is 2.33. The average Bonchev–Trinajstić information content (AvgIpc) is 2.98. The van der Waals surface area contributed by atoms with Crippen molar-refractivity contribution in [3.05, 3.63) is 46.4 Å². The van der Waals surface area contributed by atoms with Gasteiger partial charge in [0.1, 0.15) is 5.75 Å². The Hall–Kier alpha value is -2.16. The zero-order valence-electron chi connectivity index (χ0n) is 12.8. The lowest BCUT2D eigenvalue weighted by Gasteiger charge is -2.08. The maximum absolute atomic E-state index is 12.1. The number of nitrogens with one attached hydrogen (secondary N) is 2. The molecule has 0 fully saturated rings. The van der Waals surface area contributed by atoms with Crippen molar-refractivity contribution in [2.24, 2.45) is 5.84 Å². The molecule has 0 spiro atoms. The highest BCUT2D eigenvalue weighted by molar-refractivity contribution is 9.10. The number of anilines is 2. The molecule has 0 unspecified atom stereocenters. The fourth-order valence-electron chi connectivity index (χ4n) is 2.10. The Morgan fingerprint density at radius 1 is 1.33 bits per heavy atom. The number of aryl methyl sites for hydroxylation is 1. The van der Waals surface area contributed by atoms with E-state index in [-0.39, 0.29) is 12.5 Å². The Bertz CT molecular complexity index is 880. The lowest BCUT2D eigenvalue weighted by Crippen LogP contribution is -2.20. The summed E-state index contributed by atoms with van der Waals surface area (Å²) in [5, 5.41) is 3.43. The number of hydrogen-bond acceptors (Lipinski definition) is 6. The van der Waals surface area contributed by atoms with Gasteiger partial charge in [0, 0.05) is 10.2 Å². The first-order valence-corrected chi connectivity index (χ1v) is 8.72. The molecule has 1 amide bonds. The predicted octanol–water partition coefficient (Wildman–Crippen LogP) is 3.67. The van der Waals surface area contributed by atoms with Crippen LogP contribution in [0.15, 0.2) is 40.9 Å². The molecule has 0 radical (unpaired) electrons. The fraction of sp³-hybridized carbons (Fsp3) is 0.125. The number of carbonyl (C=O) groups is 1. The Labute approximate surface area is 151 Å². The zero-order valence-corrected chi connectivity index (χ0v) is 15.2. The lowest BCUT2D eigenvalue weighted by atomic mass is 10.2. The summed E-state index contributed by atoms with van der Waals surface area (Å²) in [5.74, 6) is 5.81. The third-order valence-corrected chi connectivity index (χ3v) is 4.78. The monoisotopic (exact) mass is 406 g/mol. The number of fused-ring (bicyclic) bond motifs is 1. The van der Waals surface area contributed by atoms with Crippen molar-refractivity contribution in [1.82, 2.24) is 4.98 Å². The van der Waals surface area contributed by atoms with Gasteiger partial charge in [-0.2, -0.15) is 0 Å². The molecule has 1 aromatic heterocycles. The fourth-order valence-corrected chi connectivity index (χ4v) is 3.63. The second-order valence-corrected chi connectivity index (χ2v) is 7.00. The molecule has 0 aliphatic heterocycles. The van der Waals surface area contributed by atoms with E-state index in [1.807, 2.05) is 37.3 Å². The van der Waals surface area contributed by atoms with E-state index in [1.165, 1.54) is 11.3 Å². The lowest BCUT2D eigenvalue weighted by molar-refractivity contribution is -0.118. The third-order valence-electron chi connectivity index (χ3n) is 3.25. The smallest absolute Gasteiger partial charge is 0.262 e. The van der Waals surface area contributed by atoms with Crippen LogP contribution in [-0.4, -0.2) is 17.5 Å². The van der Waals surface area contributed by atoms with Gasteiger partial charge in [0.05, 0.1) is 10.2 Å². The van der Waals surface area contributed by atoms with Crippen LogP contribution in [0.4, 0.5) is 10.8 Å². The summed E-state index contributed by atoms with van der Waals surface area (Å²) < 4.78 is 7.17. The zero-order chi connectivity index (χ0) is 17.1. The number of hydrazine groups is 1. The largest absolute Gasteiger partial charge is 0.484 e. The number of amides is 1. The highest BCUT2D eigenvalue weighted by atomic mass is 79.9. The van der Waals surface area contributed by atoms with E-state index in [1.54, 1.807) is 6.07 Å². The van der Waals surface area contributed by atoms with Crippen LogP contribution < -0.4 is 21.3 Å². The Balaban J connectivity index is 1.67. The summed E-state index contributed by atoms with van der Waals surface area (Å²) in [5.41, 5.74) is 5.12. The first-order valence-electron chi connectivity index (χ1n) is 7.11. The second kappa shape index (κ2) is 7.16. The summed E-state index contributed by atoms with van der Waals surface area (Å²) in [7, 11) is 0. The van der Waals surface area contributed by atoms with Crippen LogP contribution in [0.1, 0.15) is 5.56 Å². The maximum atomic E-state index is 12.1. The number of nitrogens with two attached hydrogens (primary N) is 1. The number of benzene rings is 2. The molecule has 0 saturated carbocycles. The van der Waals surface area contributed by atoms with Crippen LogP contribution in [0, 0.1) is 6.92 Å². The summed E-state index contributed by atoms with van der Waals surface area (Å²) >= 11 is 4.86. The molecular weight excluding hydrogens is 392 g/mol.